The highest BCUT2D eigenvalue weighted by molar-refractivity contribution is 7.40. The van der Waals surface area contributed by atoms with E-state index >= 15 is 0 Å². The van der Waals surface area contributed by atoms with Crippen molar-refractivity contribution in [3.63, 3.8) is 0 Å². The van der Waals surface area contributed by atoms with Crippen molar-refractivity contribution < 1.29 is 4.79 Å². The lowest BCUT2D eigenvalue weighted by Crippen LogP contribution is -2.34. The van der Waals surface area contributed by atoms with E-state index in [0.717, 1.165) is 17.8 Å². The number of carbonyl (C=O) groups is 1. The number of amides is 1. The molecule has 0 saturated heterocycles. The van der Waals surface area contributed by atoms with Gasteiger partial charge < -0.3 is 0 Å². The van der Waals surface area contributed by atoms with Crippen molar-refractivity contribution in [2.75, 3.05) is 11.3 Å². The maximum atomic E-state index is 11.8. The number of hydrogen-bond donors (Lipinski definition) is 0. The van der Waals surface area contributed by atoms with Crippen molar-refractivity contribution in [1.82, 2.24) is 4.98 Å². The normalized spacial score (nSPS) is 21.7. The van der Waals surface area contributed by atoms with Crippen LogP contribution in [0.2, 0.25) is 0 Å². The first kappa shape index (κ1) is 9.60. The molecule has 0 bridgehead atoms. The van der Waals surface area contributed by atoms with Gasteiger partial charge in [0, 0.05) is 18.5 Å². The van der Waals surface area contributed by atoms with E-state index in [1.165, 1.54) is 0 Å². The molecule has 0 radical (unpaired) electrons. The first-order chi connectivity index (χ1) is 6.74. The van der Waals surface area contributed by atoms with E-state index in [9.17, 15) is 4.79 Å². The van der Waals surface area contributed by atoms with E-state index in [0.29, 0.717) is 8.73 Å². The van der Waals surface area contributed by atoms with E-state index in [2.05, 4.69) is 4.98 Å². The van der Waals surface area contributed by atoms with Crippen LogP contribution in [0, 0.1) is 5.92 Å². The zero-order valence-electron chi connectivity index (χ0n) is 8.32. The van der Waals surface area contributed by atoms with Gasteiger partial charge in [-0.3, -0.25) is 14.4 Å². The molecule has 1 amide bonds. The topological polar surface area (TPSA) is 33.2 Å². The highest BCUT2D eigenvalue weighted by Gasteiger charge is 2.29. The van der Waals surface area contributed by atoms with E-state index < -0.39 is 0 Å². The highest BCUT2D eigenvalue weighted by Crippen LogP contribution is 2.34. The van der Waals surface area contributed by atoms with Crippen molar-refractivity contribution in [1.29, 1.82) is 0 Å². The number of hydrogen-bond acceptors (Lipinski definition) is 2. The first-order valence-corrected chi connectivity index (χ1v) is 6.14. The lowest BCUT2D eigenvalue weighted by molar-refractivity contribution is -0.121. The Kier molecular flexibility index (Phi) is 2.51. The molecule has 4 heteroatoms. The molecular weight excluding hydrogens is 195 g/mol. The molecule has 0 spiro atoms. The SMILES string of the molecule is CPN1C(=O)C(C)Cc2ncccc21. The van der Waals surface area contributed by atoms with Gasteiger partial charge in [-0.05, 0) is 27.5 Å². The van der Waals surface area contributed by atoms with Crippen LogP contribution in [0.15, 0.2) is 18.3 Å². The minimum absolute atomic E-state index is 0.0739. The lowest BCUT2D eigenvalue weighted by Gasteiger charge is -2.30. The summed E-state index contributed by atoms with van der Waals surface area (Å²) < 4.78 is 1.84. The number of anilines is 1. The fourth-order valence-corrected chi connectivity index (χ4v) is 2.62. The Morgan fingerprint density at radius 3 is 3.14 bits per heavy atom. The van der Waals surface area contributed by atoms with Gasteiger partial charge in [0.15, 0.2) is 0 Å². The maximum Gasteiger partial charge on any atom is 0.233 e. The van der Waals surface area contributed by atoms with Crippen LogP contribution in [-0.4, -0.2) is 17.6 Å². The van der Waals surface area contributed by atoms with Crippen LogP contribution in [-0.2, 0) is 11.2 Å². The number of rotatable bonds is 1. The van der Waals surface area contributed by atoms with E-state index in [1.807, 2.05) is 30.4 Å². The maximum absolute atomic E-state index is 11.8. The molecule has 74 valence electrons. The summed E-state index contributed by atoms with van der Waals surface area (Å²) in [4.78, 5) is 16.1. The average molecular weight is 208 g/mol. The summed E-state index contributed by atoms with van der Waals surface area (Å²) in [5, 5.41) is 0. The molecule has 0 fully saturated rings. The third kappa shape index (κ3) is 1.42. The zero-order chi connectivity index (χ0) is 10.1. The van der Waals surface area contributed by atoms with Gasteiger partial charge in [0.25, 0.3) is 0 Å². The minimum atomic E-state index is 0.0739. The summed E-state index contributed by atoms with van der Waals surface area (Å²) in [6.07, 6.45) is 2.56. The summed E-state index contributed by atoms with van der Waals surface area (Å²) in [6.45, 7) is 3.99. The van der Waals surface area contributed by atoms with Gasteiger partial charge in [-0.2, -0.15) is 0 Å². The predicted molar refractivity (Wildman–Crippen MR) is 58.8 cm³/mol. The molecule has 0 aromatic carbocycles. The molecule has 14 heavy (non-hydrogen) atoms. The van der Waals surface area contributed by atoms with Crippen molar-refractivity contribution in [3.05, 3.63) is 24.0 Å². The smallest absolute Gasteiger partial charge is 0.233 e. The lowest BCUT2D eigenvalue weighted by atomic mass is 9.99. The number of fused-ring (bicyclic) bond motifs is 1. The van der Waals surface area contributed by atoms with Crippen molar-refractivity contribution in [2.45, 2.75) is 13.3 Å². The van der Waals surface area contributed by atoms with Gasteiger partial charge in [0.2, 0.25) is 5.91 Å². The second-order valence-electron chi connectivity index (χ2n) is 3.47. The van der Waals surface area contributed by atoms with Crippen molar-refractivity contribution in [2.24, 2.45) is 5.92 Å². The third-order valence-corrected chi connectivity index (χ3v) is 3.38. The van der Waals surface area contributed by atoms with Crippen LogP contribution in [0.1, 0.15) is 12.6 Å². The van der Waals surface area contributed by atoms with Crippen LogP contribution < -0.4 is 4.67 Å². The van der Waals surface area contributed by atoms with E-state index in [-0.39, 0.29) is 11.8 Å². The summed E-state index contributed by atoms with van der Waals surface area (Å²) in [6, 6.07) is 3.86. The molecule has 2 rings (SSSR count). The van der Waals surface area contributed by atoms with E-state index in [1.54, 1.807) is 6.20 Å². The minimum Gasteiger partial charge on any atom is -0.292 e. The Labute approximate surface area is 85.4 Å². The summed E-state index contributed by atoms with van der Waals surface area (Å²) >= 11 is 0. The molecule has 0 aliphatic carbocycles. The zero-order valence-corrected chi connectivity index (χ0v) is 9.32. The van der Waals surface area contributed by atoms with Crippen LogP contribution in [0.4, 0.5) is 5.69 Å². The van der Waals surface area contributed by atoms with Crippen LogP contribution >= 0.6 is 8.73 Å². The fraction of sp³-hybridized carbons (Fsp3) is 0.400. The molecule has 1 aromatic rings. The second kappa shape index (κ2) is 3.66. The number of carbonyl (C=O) groups excluding carboxylic acids is 1. The van der Waals surface area contributed by atoms with Gasteiger partial charge in [0.05, 0.1) is 11.4 Å². The summed E-state index contributed by atoms with van der Waals surface area (Å²) in [5.74, 6) is 0.302. The molecule has 0 saturated carbocycles. The Hall–Kier alpha value is -0.950. The summed E-state index contributed by atoms with van der Waals surface area (Å²) in [7, 11) is 0.484. The Balaban J connectivity index is 2.47. The number of pyridine rings is 1. The number of nitrogens with zero attached hydrogens (tertiary/aromatic N) is 2. The third-order valence-electron chi connectivity index (χ3n) is 2.47. The Morgan fingerprint density at radius 1 is 1.64 bits per heavy atom. The average Bonchev–Trinajstić information content (AvgIpc) is 2.20. The first-order valence-electron chi connectivity index (χ1n) is 4.69. The largest absolute Gasteiger partial charge is 0.292 e. The molecule has 0 N–H and O–H groups in total. The fourth-order valence-electron chi connectivity index (χ4n) is 1.74. The number of aromatic nitrogens is 1. The van der Waals surface area contributed by atoms with Crippen LogP contribution in [0.3, 0.4) is 0 Å². The van der Waals surface area contributed by atoms with Crippen molar-refractivity contribution in [3.8, 4) is 0 Å². The molecule has 3 nitrogen and oxygen atoms in total. The van der Waals surface area contributed by atoms with Gasteiger partial charge in [-0.1, -0.05) is 6.92 Å². The van der Waals surface area contributed by atoms with Crippen LogP contribution in [0.25, 0.3) is 0 Å². The molecule has 2 heterocycles. The monoisotopic (exact) mass is 208 g/mol. The molecular formula is C10H13N2OP. The molecule has 1 aromatic heterocycles. The molecule has 2 unspecified atom stereocenters. The van der Waals surface area contributed by atoms with Gasteiger partial charge in [-0.15, -0.1) is 0 Å². The van der Waals surface area contributed by atoms with Gasteiger partial charge >= 0.3 is 0 Å². The second-order valence-corrected chi connectivity index (χ2v) is 4.37. The molecule has 1 aliphatic heterocycles. The van der Waals surface area contributed by atoms with Gasteiger partial charge in [0.1, 0.15) is 0 Å². The quantitative estimate of drug-likeness (QED) is 0.659. The Morgan fingerprint density at radius 2 is 2.43 bits per heavy atom. The summed E-state index contributed by atoms with van der Waals surface area (Å²) in [5.41, 5.74) is 2.05. The Bertz CT molecular complexity index is 367. The van der Waals surface area contributed by atoms with Gasteiger partial charge in [-0.25, -0.2) is 0 Å². The molecule has 2 atom stereocenters. The highest BCUT2D eigenvalue weighted by atomic mass is 31.1. The van der Waals surface area contributed by atoms with Crippen LogP contribution in [0.5, 0.6) is 0 Å². The molecule has 1 aliphatic rings. The van der Waals surface area contributed by atoms with Crippen molar-refractivity contribution >= 4 is 20.3 Å². The standard InChI is InChI=1S/C10H13N2OP/c1-7-6-8-9(4-3-5-11-8)12(14-2)10(7)13/h3-5,7,14H,6H2,1-2H3. The predicted octanol–water partition coefficient (Wildman–Crippen LogP) is 1.83. The van der Waals surface area contributed by atoms with E-state index in [4.69, 9.17) is 0 Å².